The second-order valence-corrected chi connectivity index (χ2v) is 7.23. The molecule has 2 aromatic heterocycles. The summed E-state index contributed by atoms with van der Waals surface area (Å²) in [5.41, 5.74) is 3.66. The topological polar surface area (TPSA) is 71.1 Å². The van der Waals surface area contributed by atoms with E-state index in [9.17, 15) is 9.59 Å². The molecule has 130 valence electrons. The fourth-order valence-electron chi connectivity index (χ4n) is 3.30. The predicted octanol–water partition coefficient (Wildman–Crippen LogP) is 4.18. The Kier molecular flexibility index (Phi) is 4.26. The Balaban J connectivity index is 1.72. The van der Waals surface area contributed by atoms with E-state index in [0.29, 0.717) is 11.3 Å². The number of thiophene rings is 1. The average molecular weight is 363 g/mol. The molecule has 1 aliphatic heterocycles. The minimum absolute atomic E-state index is 0.0392. The molecule has 0 saturated heterocycles. The van der Waals surface area contributed by atoms with E-state index in [1.807, 2.05) is 49.4 Å². The van der Waals surface area contributed by atoms with Crippen LogP contribution in [0.5, 0.6) is 0 Å². The highest BCUT2D eigenvalue weighted by Gasteiger charge is 2.32. The number of nitrogens with zero attached hydrogens (tertiary/aromatic N) is 1. The second-order valence-electron chi connectivity index (χ2n) is 6.21. The van der Waals surface area contributed by atoms with Crippen LogP contribution >= 0.6 is 11.3 Å². The zero-order chi connectivity index (χ0) is 18.1. The Morgan fingerprint density at radius 2 is 2.04 bits per heavy atom. The van der Waals surface area contributed by atoms with E-state index in [4.69, 9.17) is 0 Å². The van der Waals surface area contributed by atoms with E-state index in [1.165, 1.54) is 11.3 Å². The first kappa shape index (κ1) is 16.5. The minimum atomic E-state index is -0.160. The van der Waals surface area contributed by atoms with Gasteiger partial charge in [-0.05, 0) is 41.8 Å². The first-order valence-electron chi connectivity index (χ1n) is 8.33. The summed E-state index contributed by atoms with van der Waals surface area (Å²) in [6.45, 7) is 1.94. The number of nitrogens with one attached hydrogen (secondary N) is 2. The van der Waals surface area contributed by atoms with Gasteiger partial charge in [0.1, 0.15) is 0 Å². The number of fused-ring (bicyclic) bond motifs is 1. The van der Waals surface area contributed by atoms with Crippen LogP contribution in [0.1, 0.15) is 38.7 Å². The molecule has 0 saturated carbocycles. The van der Waals surface area contributed by atoms with E-state index in [-0.39, 0.29) is 17.7 Å². The number of carbonyl (C=O) groups excluding carboxylic acids is 2. The molecule has 2 amide bonds. The van der Waals surface area contributed by atoms with Gasteiger partial charge in [-0.25, -0.2) is 0 Å². The molecule has 1 aromatic carbocycles. The number of amides is 2. The van der Waals surface area contributed by atoms with Crippen LogP contribution in [0.2, 0.25) is 0 Å². The van der Waals surface area contributed by atoms with E-state index in [1.54, 1.807) is 12.4 Å². The molecule has 0 unspecified atom stereocenters. The number of anilines is 2. The third-order valence-corrected chi connectivity index (χ3v) is 5.73. The fourth-order valence-corrected chi connectivity index (χ4v) is 4.48. The zero-order valence-electron chi connectivity index (χ0n) is 14.2. The average Bonchev–Trinajstić information content (AvgIpc) is 2.99. The SMILES string of the molecule is Cc1c(C(=O)Nc2ccccc2)sc2c1[C@H](c1cccnc1)CC(=O)N2. The first-order valence-corrected chi connectivity index (χ1v) is 9.14. The Hall–Kier alpha value is -2.99. The maximum atomic E-state index is 12.8. The van der Waals surface area contributed by atoms with Crippen LogP contribution in [0, 0.1) is 6.92 Å². The van der Waals surface area contributed by atoms with Crippen LogP contribution in [-0.4, -0.2) is 16.8 Å². The molecular formula is C20H17N3O2S. The van der Waals surface area contributed by atoms with Gasteiger partial charge in [-0.2, -0.15) is 0 Å². The van der Waals surface area contributed by atoms with E-state index in [2.05, 4.69) is 15.6 Å². The Bertz CT molecular complexity index is 967. The van der Waals surface area contributed by atoms with Gasteiger partial charge in [0.05, 0.1) is 9.88 Å². The number of aromatic nitrogens is 1. The van der Waals surface area contributed by atoms with Crippen LogP contribution in [0.3, 0.4) is 0 Å². The highest BCUT2D eigenvalue weighted by atomic mass is 32.1. The van der Waals surface area contributed by atoms with Crippen molar-refractivity contribution in [3.8, 4) is 0 Å². The molecule has 0 radical (unpaired) electrons. The third kappa shape index (κ3) is 2.99. The molecule has 3 heterocycles. The Morgan fingerprint density at radius 3 is 2.77 bits per heavy atom. The first-order chi connectivity index (χ1) is 12.6. The maximum Gasteiger partial charge on any atom is 0.266 e. The van der Waals surface area contributed by atoms with E-state index < -0.39 is 0 Å². The van der Waals surface area contributed by atoms with Crippen molar-refractivity contribution < 1.29 is 9.59 Å². The molecule has 1 aliphatic rings. The largest absolute Gasteiger partial charge is 0.321 e. The summed E-state index contributed by atoms with van der Waals surface area (Å²) in [5.74, 6) is -0.281. The number of hydrogen-bond donors (Lipinski definition) is 2. The molecule has 6 heteroatoms. The van der Waals surface area contributed by atoms with Crippen LogP contribution in [0.25, 0.3) is 0 Å². The van der Waals surface area contributed by atoms with Crippen molar-refractivity contribution >= 4 is 33.8 Å². The van der Waals surface area contributed by atoms with Crippen molar-refractivity contribution in [1.29, 1.82) is 0 Å². The summed E-state index contributed by atoms with van der Waals surface area (Å²) in [6, 6.07) is 13.2. The third-order valence-electron chi connectivity index (χ3n) is 4.51. The van der Waals surface area contributed by atoms with Crippen molar-refractivity contribution in [2.45, 2.75) is 19.3 Å². The summed E-state index contributed by atoms with van der Waals surface area (Å²) in [5, 5.41) is 6.59. The lowest BCUT2D eigenvalue weighted by atomic mass is 9.85. The molecule has 0 bridgehead atoms. The second kappa shape index (κ2) is 6.72. The monoisotopic (exact) mass is 363 g/mol. The van der Waals surface area contributed by atoms with Gasteiger partial charge in [0.2, 0.25) is 5.91 Å². The molecule has 0 fully saturated rings. The minimum Gasteiger partial charge on any atom is -0.321 e. The lowest BCUT2D eigenvalue weighted by molar-refractivity contribution is -0.116. The molecule has 0 aliphatic carbocycles. The van der Waals surface area contributed by atoms with Gasteiger partial charge in [0.15, 0.2) is 0 Å². The van der Waals surface area contributed by atoms with E-state index >= 15 is 0 Å². The summed E-state index contributed by atoms with van der Waals surface area (Å²) >= 11 is 1.33. The number of carbonyl (C=O) groups is 2. The highest BCUT2D eigenvalue weighted by molar-refractivity contribution is 7.18. The van der Waals surface area contributed by atoms with Gasteiger partial charge in [-0.3, -0.25) is 14.6 Å². The van der Waals surface area contributed by atoms with Crippen LogP contribution in [0.15, 0.2) is 54.9 Å². The van der Waals surface area contributed by atoms with Gasteiger partial charge < -0.3 is 10.6 Å². The van der Waals surface area contributed by atoms with Crippen molar-refractivity contribution in [1.82, 2.24) is 4.98 Å². The molecule has 26 heavy (non-hydrogen) atoms. The molecule has 0 spiro atoms. The number of pyridine rings is 1. The van der Waals surface area contributed by atoms with Crippen LogP contribution in [-0.2, 0) is 4.79 Å². The van der Waals surface area contributed by atoms with Crippen molar-refractivity contribution in [2.75, 3.05) is 10.6 Å². The van der Waals surface area contributed by atoms with Crippen molar-refractivity contribution in [3.63, 3.8) is 0 Å². The van der Waals surface area contributed by atoms with Gasteiger partial charge in [0, 0.05) is 30.4 Å². The van der Waals surface area contributed by atoms with Crippen LogP contribution < -0.4 is 10.6 Å². The van der Waals surface area contributed by atoms with Gasteiger partial charge in [-0.15, -0.1) is 11.3 Å². The van der Waals surface area contributed by atoms with E-state index in [0.717, 1.165) is 27.4 Å². The standard InChI is InChI=1S/C20H17N3O2S/c1-12-17-15(13-6-5-9-21-11-13)10-16(24)23-20(17)26-18(12)19(25)22-14-7-3-2-4-8-14/h2-9,11,15H,10H2,1H3,(H,22,25)(H,23,24)/t15-/m0/s1. The Morgan fingerprint density at radius 1 is 1.23 bits per heavy atom. The fraction of sp³-hybridized carbons (Fsp3) is 0.150. The molecule has 2 N–H and O–H groups in total. The molecule has 1 atom stereocenters. The van der Waals surface area contributed by atoms with Crippen molar-refractivity contribution in [3.05, 3.63) is 76.4 Å². The summed E-state index contributed by atoms with van der Waals surface area (Å²) in [6.07, 6.45) is 3.86. The number of para-hydroxylation sites is 1. The smallest absolute Gasteiger partial charge is 0.266 e. The zero-order valence-corrected chi connectivity index (χ0v) is 15.0. The summed E-state index contributed by atoms with van der Waals surface area (Å²) in [4.78, 5) is 29.7. The summed E-state index contributed by atoms with van der Waals surface area (Å²) < 4.78 is 0. The molecule has 4 rings (SSSR count). The maximum absolute atomic E-state index is 12.8. The predicted molar refractivity (Wildman–Crippen MR) is 103 cm³/mol. The van der Waals surface area contributed by atoms with Crippen LogP contribution in [0.4, 0.5) is 10.7 Å². The van der Waals surface area contributed by atoms with Gasteiger partial charge in [-0.1, -0.05) is 24.3 Å². The normalized spacial score (nSPS) is 15.9. The van der Waals surface area contributed by atoms with Gasteiger partial charge in [0.25, 0.3) is 5.91 Å². The number of rotatable bonds is 3. The number of benzene rings is 1. The molecule has 3 aromatic rings. The quantitative estimate of drug-likeness (QED) is 0.733. The number of hydrogen-bond acceptors (Lipinski definition) is 4. The lowest BCUT2D eigenvalue weighted by Crippen LogP contribution is -2.22. The highest BCUT2D eigenvalue weighted by Crippen LogP contribution is 2.45. The lowest BCUT2D eigenvalue weighted by Gasteiger charge is -2.23. The molecule has 5 nitrogen and oxygen atoms in total. The Labute approximate surface area is 155 Å². The molecular weight excluding hydrogens is 346 g/mol. The summed E-state index contributed by atoms with van der Waals surface area (Å²) in [7, 11) is 0. The van der Waals surface area contributed by atoms with Gasteiger partial charge >= 0.3 is 0 Å². The van der Waals surface area contributed by atoms with Crippen molar-refractivity contribution in [2.24, 2.45) is 0 Å².